The Morgan fingerprint density at radius 1 is 1.12 bits per heavy atom. The van der Waals surface area contributed by atoms with E-state index in [1.807, 2.05) is 0 Å². The Balaban J connectivity index is 1.88. The monoisotopic (exact) mass is 354 g/mol. The van der Waals surface area contributed by atoms with Gasteiger partial charge >= 0.3 is 5.97 Å². The summed E-state index contributed by atoms with van der Waals surface area (Å²) in [5, 5.41) is 5.20. The Morgan fingerprint density at radius 3 is 2.46 bits per heavy atom. The van der Waals surface area contributed by atoms with Gasteiger partial charge in [-0.25, -0.2) is 4.79 Å². The van der Waals surface area contributed by atoms with Crippen LogP contribution in [-0.2, 0) is 19.1 Å². The molecule has 0 saturated carbocycles. The number of hydrogen-bond donors (Lipinski definition) is 2. The molecule has 0 fully saturated rings. The van der Waals surface area contributed by atoms with Crippen LogP contribution in [0.3, 0.4) is 0 Å². The van der Waals surface area contributed by atoms with Crippen LogP contribution in [0.5, 0.6) is 5.75 Å². The molecule has 7 nitrogen and oxygen atoms in total. The van der Waals surface area contributed by atoms with Crippen LogP contribution in [0.2, 0.25) is 0 Å². The first-order valence-corrected chi connectivity index (χ1v) is 7.99. The van der Waals surface area contributed by atoms with Crippen molar-refractivity contribution in [3.05, 3.63) is 60.2 Å². The molecular formula is C19H18N2O5. The Labute approximate surface area is 150 Å². The highest BCUT2D eigenvalue weighted by molar-refractivity contribution is 6.15. The van der Waals surface area contributed by atoms with Crippen molar-refractivity contribution in [2.24, 2.45) is 0 Å². The van der Waals surface area contributed by atoms with Crippen molar-refractivity contribution in [2.45, 2.75) is 18.6 Å². The van der Waals surface area contributed by atoms with Gasteiger partial charge in [0.2, 0.25) is 0 Å². The molecule has 2 atom stereocenters. The number of ether oxygens (including phenoxy) is 2. The fourth-order valence-electron chi connectivity index (χ4n) is 2.63. The molecule has 0 spiro atoms. The molecule has 0 saturated heterocycles. The van der Waals surface area contributed by atoms with Crippen LogP contribution >= 0.6 is 0 Å². The van der Waals surface area contributed by atoms with Crippen LogP contribution in [0.15, 0.2) is 54.6 Å². The topological polar surface area (TPSA) is 93.7 Å². The van der Waals surface area contributed by atoms with Gasteiger partial charge < -0.3 is 20.1 Å². The van der Waals surface area contributed by atoms with Crippen LogP contribution in [-0.4, -0.2) is 30.5 Å². The maximum absolute atomic E-state index is 12.8. The zero-order valence-corrected chi connectivity index (χ0v) is 14.3. The SMILES string of the molecule is COC(=O)[C@@H](NC(=O)[C@]1(C)Oc2ccccc2NC1=O)c1ccccc1. The van der Waals surface area contributed by atoms with E-state index in [4.69, 9.17) is 9.47 Å². The zero-order valence-electron chi connectivity index (χ0n) is 14.3. The molecule has 0 unspecified atom stereocenters. The van der Waals surface area contributed by atoms with E-state index in [1.54, 1.807) is 54.6 Å². The summed E-state index contributed by atoms with van der Waals surface area (Å²) < 4.78 is 10.4. The molecule has 2 aromatic carbocycles. The van der Waals surface area contributed by atoms with Gasteiger partial charge in [0.15, 0.2) is 6.04 Å². The number of carbonyl (C=O) groups is 3. The third-order valence-electron chi connectivity index (χ3n) is 4.16. The van der Waals surface area contributed by atoms with Crippen LogP contribution < -0.4 is 15.4 Å². The number of hydrogen-bond acceptors (Lipinski definition) is 5. The number of benzene rings is 2. The summed E-state index contributed by atoms with van der Waals surface area (Å²) in [6.07, 6.45) is 0. The maximum Gasteiger partial charge on any atom is 0.333 e. The second-order valence-corrected chi connectivity index (χ2v) is 5.93. The van der Waals surface area contributed by atoms with Gasteiger partial charge in [0.05, 0.1) is 12.8 Å². The Bertz CT molecular complexity index is 852. The first-order chi connectivity index (χ1) is 12.5. The van der Waals surface area contributed by atoms with Gasteiger partial charge in [-0.3, -0.25) is 9.59 Å². The van der Waals surface area contributed by atoms with Gasteiger partial charge in [-0.1, -0.05) is 42.5 Å². The first-order valence-electron chi connectivity index (χ1n) is 7.99. The van der Waals surface area contributed by atoms with Crippen LogP contribution in [0.1, 0.15) is 18.5 Å². The van der Waals surface area contributed by atoms with Crippen molar-refractivity contribution in [3.63, 3.8) is 0 Å². The quantitative estimate of drug-likeness (QED) is 0.645. The van der Waals surface area contributed by atoms with Gasteiger partial charge in [0.25, 0.3) is 17.4 Å². The summed E-state index contributed by atoms with van der Waals surface area (Å²) in [5.74, 6) is -1.64. The predicted octanol–water partition coefficient (Wildman–Crippen LogP) is 1.81. The second kappa shape index (κ2) is 6.87. The fourth-order valence-corrected chi connectivity index (χ4v) is 2.63. The van der Waals surface area contributed by atoms with E-state index in [0.717, 1.165) is 0 Å². The molecule has 134 valence electrons. The minimum Gasteiger partial charge on any atom is -0.467 e. The first kappa shape index (κ1) is 17.5. The maximum atomic E-state index is 12.8. The van der Waals surface area contributed by atoms with E-state index in [1.165, 1.54) is 14.0 Å². The van der Waals surface area contributed by atoms with Crippen molar-refractivity contribution >= 4 is 23.5 Å². The van der Waals surface area contributed by atoms with E-state index in [9.17, 15) is 14.4 Å². The smallest absolute Gasteiger partial charge is 0.333 e. The van der Waals surface area contributed by atoms with Crippen molar-refractivity contribution in [1.82, 2.24) is 5.32 Å². The third-order valence-corrected chi connectivity index (χ3v) is 4.16. The second-order valence-electron chi connectivity index (χ2n) is 5.93. The number of nitrogens with one attached hydrogen (secondary N) is 2. The van der Waals surface area contributed by atoms with Crippen molar-refractivity contribution < 1.29 is 23.9 Å². The summed E-state index contributed by atoms with van der Waals surface area (Å²) in [5.41, 5.74) is -0.807. The number of para-hydroxylation sites is 2. The average molecular weight is 354 g/mol. The fraction of sp³-hybridized carbons (Fsp3) is 0.211. The molecule has 3 rings (SSSR count). The summed E-state index contributed by atoms with van der Waals surface area (Å²) in [6.45, 7) is 1.35. The largest absolute Gasteiger partial charge is 0.467 e. The van der Waals surface area contributed by atoms with Gasteiger partial charge in [-0.15, -0.1) is 0 Å². The summed E-state index contributed by atoms with van der Waals surface area (Å²) in [6, 6.07) is 14.4. The molecule has 0 aromatic heterocycles. The molecule has 1 aliphatic rings. The molecule has 0 bridgehead atoms. The minimum atomic E-state index is -1.82. The molecule has 0 radical (unpaired) electrons. The average Bonchev–Trinajstić information content (AvgIpc) is 2.66. The number of methoxy groups -OCH3 is 1. The van der Waals surface area contributed by atoms with Gasteiger partial charge in [-0.2, -0.15) is 0 Å². The molecule has 2 amide bonds. The molecule has 7 heteroatoms. The highest BCUT2D eigenvalue weighted by Gasteiger charge is 2.48. The minimum absolute atomic E-state index is 0.374. The van der Waals surface area contributed by atoms with E-state index in [0.29, 0.717) is 17.0 Å². The van der Waals surface area contributed by atoms with Gasteiger partial charge in [0.1, 0.15) is 5.75 Å². The van der Waals surface area contributed by atoms with Crippen LogP contribution in [0, 0.1) is 0 Å². The molecule has 2 aromatic rings. The lowest BCUT2D eigenvalue weighted by Crippen LogP contribution is -2.59. The van der Waals surface area contributed by atoms with Crippen molar-refractivity contribution in [1.29, 1.82) is 0 Å². The standard InChI is InChI=1S/C19H18N2O5/c1-19(17(23)20-13-10-6-7-11-14(13)26-19)18(24)21-15(16(22)25-2)12-8-4-3-5-9-12/h3-11,15H,1-2H3,(H,20,23)(H,21,24)/t15-,19+/m0/s1. The van der Waals surface area contributed by atoms with Crippen molar-refractivity contribution in [2.75, 3.05) is 12.4 Å². The predicted molar refractivity (Wildman–Crippen MR) is 93.4 cm³/mol. The number of anilines is 1. The zero-order chi connectivity index (χ0) is 18.7. The molecule has 1 aliphatic heterocycles. The molecule has 2 N–H and O–H groups in total. The number of carbonyl (C=O) groups excluding carboxylic acids is 3. The normalized spacial score (nSPS) is 19.4. The lowest BCUT2D eigenvalue weighted by atomic mass is 9.99. The van der Waals surface area contributed by atoms with Crippen LogP contribution in [0.25, 0.3) is 0 Å². The van der Waals surface area contributed by atoms with E-state index in [2.05, 4.69) is 10.6 Å². The number of esters is 1. The van der Waals surface area contributed by atoms with Crippen molar-refractivity contribution in [3.8, 4) is 5.75 Å². The lowest BCUT2D eigenvalue weighted by Gasteiger charge is -2.34. The molecule has 0 aliphatic carbocycles. The van der Waals surface area contributed by atoms with E-state index < -0.39 is 29.4 Å². The molecular weight excluding hydrogens is 336 g/mol. The molecule has 26 heavy (non-hydrogen) atoms. The van der Waals surface area contributed by atoms with E-state index >= 15 is 0 Å². The number of amides is 2. The highest BCUT2D eigenvalue weighted by Crippen LogP contribution is 2.33. The molecule has 1 heterocycles. The third kappa shape index (κ3) is 3.11. The van der Waals surface area contributed by atoms with Crippen LogP contribution in [0.4, 0.5) is 5.69 Å². The summed E-state index contributed by atoms with van der Waals surface area (Å²) in [4.78, 5) is 37.4. The van der Waals surface area contributed by atoms with Gasteiger partial charge in [0, 0.05) is 0 Å². The number of rotatable bonds is 4. The van der Waals surface area contributed by atoms with Gasteiger partial charge in [-0.05, 0) is 24.6 Å². The Hall–Kier alpha value is -3.35. The summed E-state index contributed by atoms with van der Waals surface area (Å²) >= 11 is 0. The van der Waals surface area contributed by atoms with E-state index in [-0.39, 0.29) is 0 Å². The Morgan fingerprint density at radius 2 is 1.77 bits per heavy atom. The summed E-state index contributed by atoms with van der Waals surface area (Å²) in [7, 11) is 1.23. The number of fused-ring (bicyclic) bond motifs is 1. The highest BCUT2D eigenvalue weighted by atomic mass is 16.5. The Kier molecular flexibility index (Phi) is 4.62. The lowest BCUT2D eigenvalue weighted by molar-refractivity contribution is -0.152.